The molecule has 1 unspecified atom stereocenters. The fraction of sp³-hybridized carbons (Fsp3) is 0.333. The van der Waals surface area contributed by atoms with Crippen LogP contribution >= 0.6 is 0 Å². The molecule has 0 amide bonds. The van der Waals surface area contributed by atoms with E-state index in [0.29, 0.717) is 0 Å². The standard InChI is InChI=1S/C9H12O4/c1-3-5-7(9(11)12)6-13-8(10)4-2/h3-4,7H,1-2,5-6H2,(H,11,12). The highest BCUT2D eigenvalue weighted by Gasteiger charge is 2.16. The molecule has 4 nitrogen and oxygen atoms in total. The normalized spacial score (nSPS) is 11.4. The predicted octanol–water partition coefficient (Wildman–Crippen LogP) is 0.992. The highest BCUT2D eigenvalue weighted by molar-refractivity contribution is 5.81. The van der Waals surface area contributed by atoms with E-state index in [4.69, 9.17) is 5.11 Å². The van der Waals surface area contributed by atoms with E-state index >= 15 is 0 Å². The van der Waals surface area contributed by atoms with Crippen LogP contribution in [0.1, 0.15) is 6.42 Å². The van der Waals surface area contributed by atoms with E-state index in [2.05, 4.69) is 17.9 Å². The molecule has 0 heterocycles. The summed E-state index contributed by atoms with van der Waals surface area (Å²) in [6.07, 6.45) is 2.74. The molecule has 0 aliphatic carbocycles. The van der Waals surface area contributed by atoms with Gasteiger partial charge in [-0.2, -0.15) is 0 Å². The Bertz CT molecular complexity index is 220. The maximum Gasteiger partial charge on any atom is 0.330 e. The first kappa shape index (κ1) is 11.4. The van der Waals surface area contributed by atoms with Crippen molar-refractivity contribution in [3.8, 4) is 0 Å². The maximum absolute atomic E-state index is 10.6. The van der Waals surface area contributed by atoms with Gasteiger partial charge >= 0.3 is 11.9 Å². The fourth-order valence-electron chi connectivity index (χ4n) is 0.683. The number of hydrogen-bond donors (Lipinski definition) is 1. The van der Waals surface area contributed by atoms with Gasteiger partial charge < -0.3 is 9.84 Å². The molecule has 0 saturated carbocycles. The topological polar surface area (TPSA) is 63.6 Å². The van der Waals surface area contributed by atoms with E-state index in [1.807, 2.05) is 0 Å². The van der Waals surface area contributed by atoms with Gasteiger partial charge in [-0.15, -0.1) is 6.58 Å². The molecular weight excluding hydrogens is 172 g/mol. The summed E-state index contributed by atoms with van der Waals surface area (Å²) in [7, 11) is 0. The quantitative estimate of drug-likeness (QED) is 0.380. The van der Waals surface area contributed by atoms with Gasteiger partial charge in [0.2, 0.25) is 0 Å². The van der Waals surface area contributed by atoms with Crippen molar-refractivity contribution in [2.45, 2.75) is 6.42 Å². The van der Waals surface area contributed by atoms with Crippen LogP contribution in [0.25, 0.3) is 0 Å². The van der Waals surface area contributed by atoms with Crippen LogP contribution in [0.5, 0.6) is 0 Å². The zero-order valence-electron chi connectivity index (χ0n) is 7.23. The summed E-state index contributed by atoms with van der Waals surface area (Å²) in [5.41, 5.74) is 0. The number of allylic oxidation sites excluding steroid dienone is 1. The van der Waals surface area contributed by atoms with Crippen LogP contribution in [0.4, 0.5) is 0 Å². The molecule has 0 aromatic carbocycles. The van der Waals surface area contributed by atoms with Crippen molar-refractivity contribution in [2.75, 3.05) is 6.61 Å². The number of esters is 1. The van der Waals surface area contributed by atoms with E-state index < -0.39 is 17.9 Å². The van der Waals surface area contributed by atoms with Crippen LogP contribution in [-0.4, -0.2) is 23.7 Å². The van der Waals surface area contributed by atoms with Crippen molar-refractivity contribution in [1.29, 1.82) is 0 Å². The third-order valence-electron chi connectivity index (χ3n) is 1.39. The lowest BCUT2D eigenvalue weighted by atomic mass is 10.1. The molecule has 4 heteroatoms. The van der Waals surface area contributed by atoms with Crippen molar-refractivity contribution >= 4 is 11.9 Å². The first-order valence-electron chi connectivity index (χ1n) is 3.74. The smallest absolute Gasteiger partial charge is 0.330 e. The van der Waals surface area contributed by atoms with Crippen molar-refractivity contribution in [1.82, 2.24) is 0 Å². The number of carboxylic acids is 1. The first-order chi connectivity index (χ1) is 6.11. The Morgan fingerprint density at radius 1 is 1.46 bits per heavy atom. The number of carboxylic acid groups (broad SMARTS) is 1. The molecule has 0 aromatic heterocycles. The van der Waals surface area contributed by atoms with Crippen molar-refractivity contribution < 1.29 is 19.4 Å². The zero-order valence-corrected chi connectivity index (χ0v) is 7.23. The van der Waals surface area contributed by atoms with E-state index in [1.54, 1.807) is 0 Å². The fourth-order valence-corrected chi connectivity index (χ4v) is 0.683. The molecule has 0 rings (SSSR count). The van der Waals surface area contributed by atoms with Gasteiger partial charge in [0.1, 0.15) is 6.61 Å². The second-order valence-electron chi connectivity index (χ2n) is 2.39. The minimum absolute atomic E-state index is 0.147. The Hall–Kier alpha value is -1.58. The monoisotopic (exact) mass is 184 g/mol. The number of carbonyl (C=O) groups excluding carboxylic acids is 1. The summed E-state index contributed by atoms with van der Waals surface area (Å²) >= 11 is 0. The second-order valence-corrected chi connectivity index (χ2v) is 2.39. The molecule has 0 radical (unpaired) electrons. The maximum atomic E-state index is 10.6. The molecule has 0 fully saturated rings. The molecule has 72 valence electrons. The lowest BCUT2D eigenvalue weighted by molar-refractivity contribution is -0.147. The Labute approximate surface area is 76.5 Å². The van der Waals surface area contributed by atoms with Gasteiger partial charge in [-0.25, -0.2) is 4.79 Å². The molecule has 1 N–H and O–H groups in total. The summed E-state index contributed by atoms with van der Waals surface area (Å²) in [4.78, 5) is 21.1. The number of aliphatic carboxylic acids is 1. The Balaban J connectivity index is 3.95. The van der Waals surface area contributed by atoms with Gasteiger partial charge in [-0.1, -0.05) is 12.7 Å². The SMILES string of the molecule is C=CCC(COC(=O)C=C)C(=O)O. The van der Waals surface area contributed by atoms with Crippen LogP contribution < -0.4 is 0 Å². The average Bonchev–Trinajstić information content (AvgIpc) is 2.11. The molecule has 0 aliphatic heterocycles. The Morgan fingerprint density at radius 2 is 2.08 bits per heavy atom. The van der Waals surface area contributed by atoms with Gasteiger partial charge in [-0.3, -0.25) is 4.79 Å². The minimum Gasteiger partial charge on any atom is -0.481 e. The summed E-state index contributed by atoms with van der Waals surface area (Å²) in [6, 6.07) is 0. The van der Waals surface area contributed by atoms with Gasteiger partial charge in [0.15, 0.2) is 0 Å². The zero-order chi connectivity index (χ0) is 10.3. The third kappa shape index (κ3) is 4.79. The molecule has 1 atom stereocenters. The van der Waals surface area contributed by atoms with Crippen LogP contribution in [0, 0.1) is 5.92 Å². The number of hydrogen-bond acceptors (Lipinski definition) is 3. The lowest BCUT2D eigenvalue weighted by Gasteiger charge is -2.08. The van der Waals surface area contributed by atoms with Crippen LogP contribution in [0.3, 0.4) is 0 Å². The number of rotatable bonds is 6. The minimum atomic E-state index is -1.00. The highest BCUT2D eigenvalue weighted by Crippen LogP contribution is 2.04. The van der Waals surface area contributed by atoms with Gasteiger partial charge in [-0.05, 0) is 6.42 Å². The largest absolute Gasteiger partial charge is 0.481 e. The van der Waals surface area contributed by atoms with Crippen LogP contribution in [-0.2, 0) is 14.3 Å². The van der Waals surface area contributed by atoms with Crippen LogP contribution in [0.2, 0.25) is 0 Å². The summed E-state index contributed by atoms with van der Waals surface area (Å²) < 4.78 is 4.58. The lowest BCUT2D eigenvalue weighted by Crippen LogP contribution is -2.20. The summed E-state index contributed by atoms with van der Waals surface area (Å²) in [5, 5.41) is 8.63. The molecule has 0 aromatic rings. The third-order valence-corrected chi connectivity index (χ3v) is 1.39. The summed E-state index contributed by atoms with van der Waals surface area (Å²) in [6.45, 7) is 6.45. The average molecular weight is 184 g/mol. The molecule has 13 heavy (non-hydrogen) atoms. The van der Waals surface area contributed by atoms with E-state index in [1.165, 1.54) is 6.08 Å². The van der Waals surface area contributed by atoms with E-state index in [-0.39, 0.29) is 13.0 Å². The van der Waals surface area contributed by atoms with Gasteiger partial charge in [0, 0.05) is 6.08 Å². The highest BCUT2D eigenvalue weighted by atomic mass is 16.5. The van der Waals surface area contributed by atoms with E-state index in [9.17, 15) is 9.59 Å². The molecule has 0 saturated heterocycles. The Kier molecular flexibility index (Phi) is 5.27. The van der Waals surface area contributed by atoms with Crippen molar-refractivity contribution in [3.63, 3.8) is 0 Å². The molecule has 0 aliphatic rings. The number of carbonyl (C=O) groups is 2. The predicted molar refractivity (Wildman–Crippen MR) is 47.1 cm³/mol. The number of ether oxygens (including phenoxy) is 1. The Morgan fingerprint density at radius 3 is 2.46 bits per heavy atom. The molecule has 0 spiro atoms. The first-order valence-corrected chi connectivity index (χ1v) is 3.74. The van der Waals surface area contributed by atoms with Crippen molar-refractivity contribution in [2.24, 2.45) is 5.92 Å². The van der Waals surface area contributed by atoms with Crippen molar-refractivity contribution in [3.05, 3.63) is 25.3 Å². The molecular formula is C9H12O4. The molecule has 0 bridgehead atoms. The van der Waals surface area contributed by atoms with E-state index in [0.717, 1.165) is 6.08 Å². The van der Waals surface area contributed by atoms with Crippen LogP contribution in [0.15, 0.2) is 25.3 Å². The summed E-state index contributed by atoms with van der Waals surface area (Å²) in [5.74, 6) is -2.34. The second kappa shape index (κ2) is 5.99. The van der Waals surface area contributed by atoms with Gasteiger partial charge in [0.25, 0.3) is 0 Å². The van der Waals surface area contributed by atoms with Gasteiger partial charge in [0.05, 0.1) is 5.92 Å².